The van der Waals surface area contributed by atoms with Crippen molar-refractivity contribution in [2.75, 3.05) is 0 Å². The van der Waals surface area contributed by atoms with Crippen LogP contribution in [0.3, 0.4) is 0 Å². The molecule has 0 spiro atoms. The third-order valence-corrected chi connectivity index (χ3v) is 4.66. The van der Waals surface area contributed by atoms with Gasteiger partial charge in [0.05, 0.1) is 6.04 Å². The number of carbonyl (C=O) groups excluding carboxylic acids is 1. The highest BCUT2D eigenvalue weighted by Gasteiger charge is 2.23. The molecule has 3 N–H and O–H groups in total. The van der Waals surface area contributed by atoms with Gasteiger partial charge in [0.2, 0.25) is 5.91 Å². The Kier molecular flexibility index (Phi) is 4.40. The second kappa shape index (κ2) is 5.85. The van der Waals surface area contributed by atoms with Gasteiger partial charge in [-0.15, -0.1) is 11.3 Å². The van der Waals surface area contributed by atoms with E-state index in [1.807, 2.05) is 0 Å². The standard InChI is InChI=1S/C14H22N2OS/c1-9(2)11(15)8-14(17)16-12-4-3-5-13-10(12)6-7-18-13/h6-7,9,11-12H,3-5,8,15H2,1-2H3,(H,16,17). The van der Waals surface area contributed by atoms with Crippen LogP contribution in [-0.2, 0) is 11.2 Å². The molecule has 1 amide bonds. The zero-order valence-electron chi connectivity index (χ0n) is 11.1. The fraction of sp³-hybridized carbons (Fsp3) is 0.643. The van der Waals surface area contributed by atoms with Gasteiger partial charge in [-0.2, -0.15) is 0 Å². The van der Waals surface area contributed by atoms with Crippen molar-refractivity contribution in [3.05, 3.63) is 21.9 Å². The van der Waals surface area contributed by atoms with Crippen molar-refractivity contribution in [2.24, 2.45) is 11.7 Å². The molecule has 0 bridgehead atoms. The van der Waals surface area contributed by atoms with Gasteiger partial charge in [0, 0.05) is 17.3 Å². The molecule has 0 saturated heterocycles. The first-order valence-corrected chi connectivity index (χ1v) is 7.57. The number of nitrogens with one attached hydrogen (secondary N) is 1. The molecule has 18 heavy (non-hydrogen) atoms. The molecule has 1 heterocycles. The van der Waals surface area contributed by atoms with Crippen molar-refractivity contribution in [1.29, 1.82) is 0 Å². The third kappa shape index (κ3) is 3.12. The molecule has 1 aliphatic carbocycles. The van der Waals surface area contributed by atoms with Crippen molar-refractivity contribution in [1.82, 2.24) is 5.32 Å². The third-order valence-electron chi connectivity index (χ3n) is 3.66. The van der Waals surface area contributed by atoms with Crippen molar-refractivity contribution in [2.45, 2.75) is 51.6 Å². The number of thiophene rings is 1. The second-order valence-electron chi connectivity index (χ2n) is 5.42. The van der Waals surface area contributed by atoms with Gasteiger partial charge in [0.1, 0.15) is 0 Å². The molecular formula is C14H22N2OS. The molecule has 4 heteroatoms. The smallest absolute Gasteiger partial charge is 0.222 e. The number of aryl methyl sites for hydroxylation is 1. The van der Waals surface area contributed by atoms with Gasteiger partial charge in [0.25, 0.3) is 0 Å². The Balaban J connectivity index is 1.93. The molecule has 100 valence electrons. The fourth-order valence-electron chi connectivity index (χ4n) is 2.34. The molecule has 0 saturated carbocycles. The van der Waals surface area contributed by atoms with Crippen molar-refractivity contribution in [3.63, 3.8) is 0 Å². The van der Waals surface area contributed by atoms with E-state index in [4.69, 9.17) is 5.73 Å². The summed E-state index contributed by atoms with van der Waals surface area (Å²) in [5.74, 6) is 0.430. The van der Waals surface area contributed by atoms with E-state index in [0.29, 0.717) is 12.3 Å². The Labute approximate surface area is 113 Å². The number of hydrogen-bond acceptors (Lipinski definition) is 3. The lowest BCUT2D eigenvalue weighted by molar-refractivity contribution is -0.122. The SMILES string of the molecule is CC(C)C(N)CC(=O)NC1CCCc2sccc21. The Bertz CT molecular complexity index is 414. The molecule has 0 aliphatic heterocycles. The zero-order valence-corrected chi connectivity index (χ0v) is 11.9. The number of rotatable bonds is 4. The van der Waals surface area contributed by atoms with Gasteiger partial charge in [-0.1, -0.05) is 13.8 Å². The monoisotopic (exact) mass is 266 g/mol. The van der Waals surface area contributed by atoms with Crippen LogP contribution in [0.2, 0.25) is 0 Å². The molecule has 0 radical (unpaired) electrons. The Morgan fingerprint density at radius 1 is 1.61 bits per heavy atom. The lowest BCUT2D eigenvalue weighted by Crippen LogP contribution is -2.37. The Morgan fingerprint density at radius 3 is 3.11 bits per heavy atom. The van der Waals surface area contributed by atoms with Crippen LogP contribution in [-0.4, -0.2) is 11.9 Å². The molecule has 1 aromatic rings. The number of carbonyl (C=O) groups is 1. The maximum Gasteiger partial charge on any atom is 0.222 e. The van der Waals surface area contributed by atoms with Crippen LogP contribution < -0.4 is 11.1 Å². The van der Waals surface area contributed by atoms with Gasteiger partial charge in [-0.25, -0.2) is 0 Å². The second-order valence-corrected chi connectivity index (χ2v) is 6.42. The predicted octanol–water partition coefficient (Wildman–Crippen LogP) is 2.62. The summed E-state index contributed by atoms with van der Waals surface area (Å²) in [7, 11) is 0. The molecular weight excluding hydrogens is 244 g/mol. The summed E-state index contributed by atoms with van der Waals surface area (Å²) in [6, 6.07) is 2.30. The van der Waals surface area contributed by atoms with Gasteiger partial charge in [-0.3, -0.25) is 4.79 Å². The van der Waals surface area contributed by atoms with Crippen molar-refractivity contribution < 1.29 is 4.79 Å². The number of fused-ring (bicyclic) bond motifs is 1. The number of nitrogens with two attached hydrogens (primary N) is 1. The number of hydrogen-bond donors (Lipinski definition) is 2. The maximum atomic E-state index is 12.0. The predicted molar refractivity (Wildman–Crippen MR) is 75.6 cm³/mol. The molecule has 1 aromatic heterocycles. The van der Waals surface area contributed by atoms with Crippen LogP contribution in [0.1, 0.15) is 49.6 Å². The lowest BCUT2D eigenvalue weighted by atomic mass is 9.93. The van der Waals surface area contributed by atoms with E-state index in [1.54, 1.807) is 11.3 Å². The summed E-state index contributed by atoms with van der Waals surface area (Å²) < 4.78 is 0. The largest absolute Gasteiger partial charge is 0.349 e. The van der Waals surface area contributed by atoms with E-state index >= 15 is 0 Å². The molecule has 3 nitrogen and oxygen atoms in total. The van der Waals surface area contributed by atoms with Crippen LogP contribution in [0.15, 0.2) is 11.4 Å². The minimum Gasteiger partial charge on any atom is -0.349 e. The molecule has 2 rings (SSSR count). The van der Waals surface area contributed by atoms with Gasteiger partial charge >= 0.3 is 0 Å². The highest BCUT2D eigenvalue weighted by molar-refractivity contribution is 7.10. The topological polar surface area (TPSA) is 55.1 Å². The Hall–Kier alpha value is -0.870. The average molecular weight is 266 g/mol. The van der Waals surface area contributed by atoms with E-state index in [1.165, 1.54) is 10.4 Å². The Morgan fingerprint density at radius 2 is 2.39 bits per heavy atom. The minimum absolute atomic E-state index is 0.0458. The van der Waals surface area contributed by atoms with Gasteiger partial charge < -0.3 is 11.1 Å². The quantitative estimate of drug-likeness (QED) is 0.880. The normalized spacial score (nSPS) is 20.6. The van der Waals surface area contributed by atoms with E-state index < -0.39 is 0 Å². The average Bonchev–Trinajstić information content (AvgIpc) is 2.77. The summed E-state index contributed by atoms with van der Waals surface area (Å²) in [4.78, 5) is 13.4. The maximum absolute atomic E-state index is 12.0. The first-order chi connectivity index (χ1) is 8.58. The highest BCUT2D eigenvalue weighted by atomic mass is 32.1. The number of amides is 1. The fourth-order valence-corrected chi connectivity index (χ4v) is 3.33. The van der Waals surface area contributed by atoms with Crippen LogP contribution in [0.5, 0.6) is 0 Å². The molecule has 2 atom stereocenters. The first-order valence-electron chi connectivity index (χ1n) is 6.69. The first kappa shape index (κ1) is 13.6. The minimum atomic E-state index is -0.0458. The molecule has 0 fully saturated rings. The van der Waals surface area contributed by atoms with Gasteiger partial charge in [-0.05, 0) is 42.2 Å². The lowest BCUT2D eigenvalue weighted by Gasteiger charge is -2.25. The molecule has 0 aromatic carbocycles. The van der Waals surface area contributed by atoms with Gasteiger partial charge in [0.15, 0.2) is 0 Å². The van der Waals surface area contributed by atoms with E-state index in [-0.39, 0.29) is 18.0 Å². The van der Waals surface area contributed by atoms with Crippen LogP contribution in [0, 0.1) is 5.92 Å². The van der Waals surface area contributed by atoms with Crippen LogP contribution in [0.25, 0.3) is 0 Å². The summed E-state index contributed by atoms with van der Waals surface area (Å²) >= 11 is 1.80. The highest BCUT2D eigenvalue weighted by Crippen LogP contribution is 2.33. The van der Waals surface area contributed by atoms with E-state index in [9.17, 15) is 4.79 Å². The molecule has 1 aliphatic rings. The summed E-state index contributed by atoms with van der Waals surface area (Å²) in [5, 5.41) is 5.25. The van der Waals surface area contributed by atoms with E-state index in [0.717, 1.165) is 19.3 Å². The molecule has 2 unspecified atom stereocenters. The summed E-state index contributed by atoms with van der Waals surface area (Å²) in [6.07, 6.45) is 3.79. The van der Waals surface area contributed by atoms with Crippen LogP contribution >= 0.6 is 11.3 Å². The van der Waals surface area contributed by atoms with Crippen molar-refractivity contribution >= 4 is 17.2 Å². The summed E-state index contributed by atoms with van der Waals surface area (Å²) in [6.45, 7) is 4.10. The zero-order chi connectivity index (χ0) is 13.1. The van der Waals surface area contributed by atoms with Crippen LogP contribution in [0.4, 0.5) is 0 Å². The van der Waals surface area contributed by atoms with E-state index in [2.05, 4.69) is 30.6 Å². The van der Waals surface area contributed by atoms with Crippen molar-refractivity contribution in [3.8, 4) is 0 Å². The summed E-state index contributed by atoms with van der Waals surface area (Å²) in [5.41, 5.74) is 7.26.